The molecule has 80 valence electrons. The SMILES string of the molecule is C=C(C)C(=O)O.C=CCC(O)C=CC. The number of allylic oxidation sites excluding steroid dienone is 1. The summed E-state index contributed by atoms with van der Waals surface area (Å²) in [7, 11) is 0. The Morgan fingerprint density at radius 1 is 1.57 bits per heavy atom. The molecule has 0 aliphatic rings. The van der Waals surface area contributed by atoms with Crippen LogP contribution in [0.1, 0.15) is 20.3 Å². The molecule has 0 saturated carbocycles. The second-order valence-electron chi connectivity index (χ2n) is 2.70. The lowest BCUT2D eigenvalue weighted by Gasteiger charge is -1.96. The van der Waals surface area contributed by atoms with Gasteiger partial charge in [0.1, 0.15) is 0 Å². The molecule has 3 heteroatoms. The zero-order chi connectivity index (χ0) is 11.6. The van der Waals surface area contributed by atoms with Crippen molar-refractivity contribution in [2.45, 2.75) is 26.4 Å². The average molecular weight is 198 g/mol. The van der Waals surface area contributed by atoms with Crippen LogP contribution in [-0.4, -0.2) is 22.3 Å². The molecule has 0 spiro atoms. The summed E-state index contributed by atoms with van der Waals surface area (Å²) in [5, 5.41) is 16.8. The van der Waals surface area contributed by atoms with Crippen LogP contribution in [-0.2, 0) is 4.79 Å². The van der Waals surface area contributed by atoms with Crippen LogP contribution < -0.4 is 0 Å². The third-order valence-electron chi connectivity index (χ3n) is 1.19. The van der Waals surface area contributed by atoms with E-state index in [9.17, 15) is 4.79 Å². The van der Waals surface area contributed by atoms with Crippen LogP contribution >= 0.6 is 0 Å². The Balaban J connectivity index is 0. The normalized spacial score (nSPS) is 11.4. The summed E-state index contributed by atoms with van der Waals surface area (Å²) in [6, 6.07) is 0. The summed E-state index contributed by atoms with van der Waals surface area (Å²) in [4.78, 5) is 9.60. The predicted octanol–water partition coefficient (Wildman–Crippen LogP) is 2.15. The summed E-state index contributed by atoms with van der Waals surface area (Å²) in [6.07, 6.45) is 5.57. The quantitative estimate of drug-likeness (QED) is 0.537. The number of carboxylic acid groups (broad SMARTS) is 1. The lowest BCUT2D eigenvalue weighted by molar-refractivity contribution is -0.132. The molecular weight excluding hydrogens is 180 g/mol. The zero-order valence-corrected chi connectivity index (χ0v) is 8.73. The monoisotopic (exact) mass is 198 g/mol. The maximum atomic E-state index is 9.60. The highest BCUT2D eigenvalue weighted by atomic mass is 16.4. The van der Waals surface area contributed by atoms with Crippen LogP contribution in [0.3, 0.4) is 0 Å². The molecular formula is C11H18O3. The molecule has 0 fully saturated rings. The van der Waals surface area contributed by atoms with E-state index in [2.05, 4.69) is 13.2 Å². The van der Waals surface area contributed by atoms with Crippen molar-refractivity contribution < 1.29 is 15.0 Å². The maximum Gasteiger partial charge on any atom is 0.330 e. The highest BCUT2D eigenvalue weighted by Gasteiger charge is 1.90. The van der Waals surface area contributed by atoms with Gasteiger partial charge in [0.2, 0.25) is 0 Å². The summed E-state index contributed by atoms with van der Waals surface area (Å²) in [6.45, 7) is 9.97. The highest BCUT2D eigenvalue weighted by molar-refractivity contribution is 5.84. The van der Waals surface area contributed by atoms with Crippen LogP contribution in [0.15, 0.2) is 37.0 Å². The fourth-order valence-electron chi connectivity index (χ4n) is 0.471. The molecule has 0 aromatic carbocycles. The molecule has 0 saturated heterocycles. The Morgan fingerprint density at radius 3 is 2.21 bits per heavy atom. The third kappa shape index (κ3) is 13.3. The van der Waals surface area contributed by atoms with Crippen molar-refractivity contribution in [3.63, 3.8) is 0 Å². The minimum Gasteiger partial charge on any atom is -0.478 e. The lowest BCUT2D eigenvalue weighted by atomic mass is 10.2. The Hall–Kier alpha value is -1.35. The second-order valence-corrected chi connectivity index (χ2v) is 2.70. The lowest BCUT2D eigenvalue weighted by Crippen LogP contribution is -1.97. The maximum absolute atomic E-state index is 9.60. The molecule has 0 amide bonds. The fraction of sp³-hybridized carbons (Fsp3) is 0.364. The Labute approximate surface area is 85.1 Å². The van der Waals surface area contributed by atoms with Crippen LogP contribution in [0.4, 0.5) is 0 Å². The second kappa shape index (κ2) is 9.74. The predicted molar refractivity (Wildman–Crippen MR) is 58.1 cm³/mol. The van der Waals surface area contributed by atoms with Crippen molar-refractivity contribution in [1.82, 2.24) is 0 Å². The van der Waals surface area contributed by atoms with Gasteiger partial charge >= 0.3 is 5.97 Å². The smallest absolute Gasteiger partial charge is 0.330 e. The largest absolute Gasteiger partial charge is 0.478 e. The number of carbonyl (C=O) groups is 1. The molecule has 0 rings (SSSR count). The van der Waals surface area contributed by atoms with Gasteiger partial charge in [0.05, 0.1) is 6.10 Å². The molecule has 0 aliphatic carbocycles. The van der Waals surface area contributed by atoms with E-state index in [1.807, 2.05) is 13.0 Å². The topological polar surface area (TPSA) is 57.5 Å². The standard InChI is InChI=1S/C7H12O.C4H6O2/c1-3-5-7(8)6-4-2;1-3(2)4(5)6/h3-4,6-8H,1,5H2,2H3;1H2,2H3,(H,5,6). The number of aliphatic hydroxyl groups is 1. The summed E-state index contributed by atoms with van der Waals surface area (Å²) in [5.41, 5.74) is 0.176. The van der Waals surface area contributed by atoms with Crippen LogP contribution in [0.25, 0.3) is 0 Å². The molecule has 1 atom stereocenters. The molecule has 1 unspecified atom stereocenters. The van der Waals surface area contributed by atoms with Gasteiger partial charge in [0, 0.05) is 5.57 Å². The first-order valence-corrected chi connectivity index (χ1v) is 4.26. The minimum atomic E-state index is -0.935. The fourth-order valence-corrected chi connectivity index (χ4v) is 0.471. The molecule has 3 nitrogen and oxygen atoms in total. The summed E-state index contributed by atoms with van der Waals surface area (Å²) < 4.78 is 0. The number of rotatable bonds is 4. The minimum absolute atomic E-state index is 0.176. The van der Waals surface area contributed by atoms with Crippen LogP contribution in [0.2, 0.25) is 0 Å². The number of carboxylic acids is 1. The molecule has 14 heavy (non-hydrogen) atoms. The van der Waals surface area contributed by atoms with E-state index in [-0.39, 0.29) is 11.7 Å². The molecule has 0 heterocycles. The van der Waals surface area contributed by atoms with Crippen LogP contribution in [0.5, 0.6) is 0 Å². The Bertz CT molecular complexity index is 205. The van der Waals surface area contributed by atoms with Gasteiger partial charge in [-0.3, -0.25) is 0 Å². The van der Waals surface area contributed by atoms with Crippen molar-refractivity contribution >= 4 is 5.97 Å². The van der Waals surface area contributed by atoms with Gasteiger partial charge in [-0.05, 0) is 20.3 Å². The van der Waals surface area contributed by atoms with E-state index in [0.717, 1.165) is 0 Å². The number of hydrogen-bond donors (Lipinski definition) is 2. The van der Waals surface area contributed by atoms with Gasteiger partial charge in [-0.15, -0.1) is 6.58 Å². The van der Waals surface area contributed by atoms with Crippen molar-refractivity contribution in [1.29, 1.82) is 0 Å². The zero-order valence-electron chi connectivity index (χ0n) is 8.73. The van der Waals surface area contributed by atoms with Crippen molar-refractivity contribution in [2.24, 2.45) is 0 Å². The first-order valence-electron chi connectivity index (χ1n) is 4.26. The molecule has 0 aliphatic heterocycles. The van der Waals surface area contributed by atoms with Gasteiger partial charge in [-0.2, -0.15) is 0 Å². The van der Waals surface area contributed by atoms with Gasteiger partial charge in [-0.25, -0.2) is 4.79 Å². The van der Waals surface area contributed by atoms with Crippen molar-refractivity contribution in [2.75, 3.05) is 0 Å². The third-order valence-corrected chi connectivity index (χ3v) is 1.19. The van der Waals surface area contributed by atoms with E-state index in [1.165, 1.54) is 6.92 Å². The van der Waals surface area contributed by atoms with E-state index < -0.39 is 5.97 Å². The van der Waals surface area contributed by atoms with Gasteiger partial charge in [0.15, 0.2) is 0 Å². The average Bonchev–Trinajstić information content (AvgIpc) is 2.06. The first kappa shape index (κ1) is 15.1. The molecule has 0 radical (unpaired) electrons. The molecule has 0 bridgehead atoms. The van der Waals surface area contributed by atoms with Gasteiger partial charge in [0.25, 0.3) is 0 Å². The number of hydrogen-bond acceptors (Lipinski definition) is 2. The first-order chi connectivity index (χ1) is 6.45. The Morgan fingerprint density at radius 2 is 2.00 bits per heavy atom. The number of aliphatic carboxylic acids is 1. The van der Waals surface area contributed by atoms with E-state index in [4.69, 9.17) is 10.2 Å². The molecule has 0 aromatic heterocycles. The Kier molecular flexibility index (Phi) is 10.5. The molecule has 0 aromatic rings. The van der Waals surface area contributed by atoms with Gasteiger partial charge in [-0.1, -0.05) is 24.8 Å². The number of aliphatic hydroxyl groups excluding tert-OH is 1. The van der Waals surface area contributed by atoms with Crippen molar-refractivity contribution in [3.05, 3.63) is 37.0 Å². The summed E-state index contributed by atoms with van der Waals surface area (Å²) in [5.74, 6) is -0.935. The van der Waals surface area contributed by atoms with Crippen molar-refractivity contribution in [3.8, 4) is 0 Å². The van der Waals surface area contributed by atoms with Gasteiger partial charge < -0.3 is 10.2 Å². The van der Waals surface area contributed by atoms with E-state index in [1.54, 1.807) is 12.2 Å². The molecule has 2 N–H and O–H groups in total. The van der Waals surface area contributed by atoms with Crippen LogP contribution in [0, 0.1) is 0 Å². The van der Waals surface area contributed by atoms with E-state index >= 15 is 0 Å². The van der Waals surface area contributed by atoms with E-state index in [0.29, 0.717) is 6.42 Å². The highest BCUT2D eigenvalue weighted by Crippen LogP contribution is 1.92. The summed E-state index contributed by atoms with van der Waals surface area (Å²) >= 11 is 0.